The van der Waals surface area contributed by atoms with Gasteiger partial charge in [0.2, 0.25) is 0 Å². The van der Waals surface area contributed by atoms with E-state index in [1.54, 1.807) is 26.4 Å². The maximum atomic E-state index is 13.2. The molecule has 0 saturated heterocycles. The highest BCUT2D eigenvalue weighted by atomic mass is 19.1. The molecule has 6 heteroatoms. The summed E-state index contributed by atoms with van der Waals surface area (Å²) in [6.45, 7) is 0. The van der Waals surface area contributed by atoms with Gasteiger partial charge in [-0.2, -0.15) is 5.10 Å². The van der Waals surface area contributed by atoms with Crippen molar-refractivity contribution in [3.63, 3.8) is 0 Å². The van der Waals surface area contributed by atoms with Crippen molar-refractivity contribution in [3.05, 3.63) is 53.1 Å². The van der Waals surface area contributed by atoms with Crippen molar-refractivity contribution in [2.75, 3.05) is 21.3 Å². The first-order chi connectivity index (χ1) is 13.1. The summed E-state index contributed by atoms with van der Waals surface area (Å²) < 4.78 is 19.3. The molecule has 4 rings (SSSR count). The van der Waals surface area contributed by atoms with Crippen LogP contribution in [0.4, 0.5) is 4.39 Å². The lowest BCUT2D eigenvalue weighted by atomic mass is 9.64. The Morgan fingerprint density at radius 2 is 2.04 bits per heavy atom. The van der Waals surface area contributed by atoms with Gasteiger partial charge in [0, 0.05) is 20.3 Å². The van der Waals surface area contributed by atoms with Crippen LogP contribution < -0.4 is 5.32 Å². The molecule has 5 nitrogen and oxygen atoms in total. The molecule has 2 aliphatic rings. The number of halogens is 1. The summed E-state index contributed by atoms with van der Waals surface area (Å²) in [6, 6.07) is 6.70. The first-order valence-electron chi connectivity index (χ1n) is 9.14. The molecule has 144 valence electrons. The van der Waals surface area contributed by atoms with Gasteiger partial charge in [-0.05, 0) is 68.6 Å². The third-order valence-corrected chi connectivity index (χ3v) is 5.42. The summed E-state index contributed by atoms with van der Waals surface area (Å²) in [5.41, 5.74) is 3.71. The van der Waals surface area contributed by atoms with Gasteiger partial charge in [0.15, 0.2) is 0 Å². The lowest BCUT2D eigenvalue weighted by Crippen LogP contribution is -2.43. The molecule has 1 aromatic carbocycles. The molecule has 0 radical (unpaired) electrons. The van der Waals surface area contributed by atoms with Crippen LogP contribution in [-0.4, -0.2) is 43.4 Å². The number of methoxy groups -OCH3 is 1. The van der Waals surface area contributed by atoms with E-state index in [1.807, 2.05) is 17.9 Å². The normalized spacial score (nSPS) is 23.4. The SMILES string of the molecule is CNC1CCC2=Cc3c(cnn3-c3ccc(F)cc3)CC2(C=O)C1.COC. The van der Waals surface area contributed by atoms with Crippen molar-refractivity contribution in [1.29, 1.82) is 0 Å². The maximum Gasteiger partial charge on any atom is 0.130 e. The number of carbonyl (C=O) groups excluding carboxylic acids is 1. The van der Waals surface area contributed by atoms with Crippen molar-refractivity contribution in [2.45, 2.75) is 31.7 Å². The van der Waals surface area contributed by atoms with Crippen LogP contribution in [0.5, 0.6) is 0 Å². The third-order valence-electron chi connectivity index (χ3n) is 5.42. The number of rotatable bonds is 3. The van der Waals surface area contributed by atoms with E-state index in [0.717, 1.165) is 42.5 Å². The Bertz CT molecular complexity index is 828. The Hall–Kier alpha value is -2.31. The Balaban J connectivity index is 0.000000659. The molecule has 2 aromatic rings. The molecular weight excluding hydrogens is 345 g/mol. The molecular formula is C21H26FN3O2. The Morgan fingerprint density at radius 3 is 2.67 bits per heavy atom. The molecule has 1 fully saturated rings. The fourth-order valence-electron chi connectivity index (χ4n) is 4.04. The summed E-state index contributed by atoms with van der Waals surface area (Å²) in [5, 5.41) is 7.79. The van der Waals surface area contributed by atoms with E-state index >= 15 is 0 Å². The number of fused-ring (bicyclic) bond motifs is 2. The zero-order valence-corrected chi connectivity index (χ0v) is 16.0. The average Bonchev–Trinajstić information content (AvgIpc) is 3.09. The highest BCUT2D eigenvalue weighted by Crippen LogP contribution is 2.46. The highest BCUT2D eigenvalue weighted by molar-refractivity contribution is 5.75. The predicted molar refractivity (Wildman–Crippen MR) is 103 cm³/mol. The molecule has 1 aromatic heterocycles. The van der Waals surface area contributed by atoms with Gasteiger partial charge in [-0.25, -0.2) is 9.07 Å². The quantitative estimate of drug-likeness (QED) is 0.842. The van der Waals surface area contributed by atoms with Gasteiger partial charge >= 0.3 is 0 Å². The Labute approximate surface area is 159 Å². The van der Waals surface area contributed by atoms with E-state index < -0.39 is 5.41 Å². The van der Waals surface area contributed by atoms with Gasteiger partial charge in [0.05, 0.1) is 23.0 Å². The van der Waals surface area contributed by atoms with E-state index in [0.29, 0.717) is 12.5 Å². The van der Waals surface area contributed by atoms with Crippen LogP contribution in [0, 0.1) is 11.2 Å². The van der Waals surface area contributed by atoms with E-state index in [1.165, 1.54) is 17.7 Å². The lowest BCUT2D eigenvalue weighted by Gasteiger charge is -2.41. The first kappa shape index (κ1) is 19.5. The number of aldehydes is 1. The molecule has 0 aliphatic heterocycles. The molecule has 0 bridgehead atoms. The molecule has 27 heavy (non-hydrogen) atoms. The van der Waals surface area contributed by atoms with Gasteiger partial charge in [-0.1, -0.05) is 5.57 Å². The molecule has 0 amide bonds. The van der Waals surface area contributed by atoms with Crippen LogP contribution in [-0.2, 0) is 16.0 Å². The average molecular weight is 371 g/mol. The topological polar surface area (TPSA) is 56.2 Å². The maximum absolute atomic E-state index is 13.2. The van der Waals surface area contributed by atoms with Crippen molar-refractivity contribution in [1.82, 2.24) is 15.1 Å². The van der Waals surface area contributed by atoms with Crippen molar-refractivity contribution in [3.8, 4) is 5.69 Å². The molecule has 1 saturated carbocycles. The Kier molecular flexibility index (Phi) is 5.87. The van der Waals surface area contributed by atoms with Crippen molar-refractivity contribution >= 4 is 12.4 Å². The summed E-state index contributed by atoms with van der Waals surface area (Å²) in [6.07, 6.45) is 8.56. The lowest BCUT2D eigenvalue weighted by molar-refractivity contribution is -0.115. The van der Waals surface area contributed by atoms with Gasteiger partial charge in [0.25, 0.3) is 0 Å². The van der Waals surface area contributed by atoms with E-state index in [-0.39, 0.29) is 5.82 Å². The molecule has 0 spiro atoms. The van der Waals surface area contributed by atoms with Crippen molar-refractivity contribution < 1.29 is 13.9 Å². The van der Waals surface area contributed by atoms with Gasteiger partial charge in [-0.15, -0.1) is 0 Å². The highest BCUT2D eigenvalue weighted by Gasteiger charge is 2.43. The van der Waals surface area contributed by atoms with Gasteiger partial charge in [-0.3, -0.25) is 0 Å². The van der Waals surface area contributed by atoms with E-state index in [4.69, 9.17) is 0 Å². The van der Waals surface area contributed by atoms with Gasteiger partial charge in [0.1, 0.15) is 12.1 Å². The molecule has 2 unspecified atom stereocenters. The monoisotopic (exact) mass is 371 g/mol. The molecule has 2 aliphatic carbocycles. The fraction of sp³-hybridized carbons (Fsp3) is 0.429. The standard InChI is InChI=1S/C19H20FN3O.C2H6O/c1-21-16-5-2-14-8-18-13(9-19(14,10-16)12-24)11-22-23(18)17-6-3-15(20)4-7-17;1-3-2/h3-4,6-8,11-12,16,21H,2,5,9-10H2,1H3;1-2H3. The fourth-order valence-corrected chi connectivity index (χ4v) is 4.04. The molecule has 1 N–H and O–H groups in total. The number of ether oxygens (including phenoxy) is 1. The number of carbonyl (C=O) groups is 1. The third kappa shape index (κ3) is 3.73. The molecule has 1 heterocycles. The van der Waals surface area contributed by atoms with Crippen LogP contribution in [0.1, 0.15) is 30.5 Å². The number of benzene rings is 1. The summed E-state index contributed by atoms with van der Waals surface area (Å²) in [5.74, 6) is -0.261. The van der Waals surface area contributed by atoms with Crippen molar-refractivity contribution in [2.24, 2.45) is 5.41 Å². The van der Waals surface area contributed by atoms with Crippen LogP contribution in [0.25, 0.3) is 11.8 Å². The minimum atomic E-state index is -0.407. The first-order valence-corrected chi connectivity index (χ1v) is 9.14. The smallest absolute Gasteiger partial charge is 0.130 e. The number of allylic oxidation sites excluding steroid dienone is 1. The summed E-state index contributed by atoms with van der Waals surface area (Å²) in [7, 11) is 5.21. The van der Waals surface area contributed by atoms with Crippen LogP contribution in [0.3, 0.4) is 0 Å². The summed E-state index contributed by atoms with van der Waals surface area (Å²) in [4.78, 5) is 12.0. The number of nitrogens with zero attached hydrogens (tertiary/aromatic N) is 2. The zero-order chi connectivity index (χ0) is 19.4. The van der Waals surface area contributed by atoms with Crippen LogP contribution in [0.2, 0.25) is 0 Å². The second-order valence-electron chi connectivity index (χ2n) is 7.20. The second kappa shape index (κ2) is 8.15. The number of hydrogen-bond donors (Lipinski definition) is 1. The Morgan fingerprint density at radius 1 is 1.33 bits per heavy atom. The van der Waals surface area contributed by atoms with E-state index in [2.05, 4.69) is 21.2 Å². The van der Waals surface area contributed by atoms with Crippen LogP contribution >= 0.6 is 0 Å². The zero-order valence-electron chi connectivity index (χ0n) is 16.0. The predicted octanol–water partition coefficient (Wildman–Crippen LogP) is 3.17. The molecule has 2 atom stereocenters. The number of hydrogen-bond acceptors (Lipinski definition) is 4. The largest absolute Gasteiger partial charge is 0.388 e. The number of aromatic nitrogens is 2. The number of nitrogens with one attached hydrogen (secondary N) is 1. The second-order valence-corrected chi connectivity index (χ2v) is 7.20. The van der Waals surface area contributed by atoms with Crippen LogP contribution in [0.15, 0.2) is 36.0 Å². The van der Waals surface area contributed by atoms with Gasteiger partial charge < -0.3 is 14.8 Å². The minimum absolute atomic E-state index is 0.261. The van der Waals surface area contributed by atoms with E-state index in [9.17, 15) is 9.18 Å². The minimum Gasteiger partial charge on any atom is -0.388 e. The summed E-state index contributed by atoms with van der Waals surface area (Å²) >= 11 is 0.